The number of carbonyl (C=O) groups excluding carboxylic acids is 1. The fourth-order valence-electron chi connectivity index (χ4n) is 4.40. The van der Waals surface area contributed by atoms with E-state index in [0.29, 0.717) is 5.56 Å². The van der Waals surface area contributed by atoms with E-state index in [1.54, 1.807) is 12.5 Å². The topological polar surface area (TPSA) is 59.4 Å². The first-order valence-electron chi connectivity index (χ1n) is 9.96. The number of amides is 1. The largest absolute Gasteiger partial charge is 0.379 e. The highest BCUT2D eigenvalue weighted by molar-refractivity contribution is 5.94. The van der Waals surface area contributed by atoms with E-state index in [4.69, 9.17) is 4.74 Å². The van der Waals surface area contributed by atoms with E-state index in [1.807, 2.05) is 35.0 Å². The lowest BCUT2D eigenvalue weighted by atomic mass is 9.79. The van der Waals surface area contributed by atoms with E-state index in [9.17, 15) is 4.79 Å². The van der Waals surface area contributed by atoms with Gasteiger partial charge in [0.25, 0.3) is 5.91 Å². The maximum absolute atomic E-state index is 12.7. The molecule has 1 saturated carbocycles. The molecule has 0 radical (unpaired) electrons. The van der Waals surface area contributed by atoms with Gasteiger partial charge in [-0.15, -0.1) is 0 Å². The van der Waals surface area contributed by atoms with Crippen LogP contribution in [0.25, 0.3) is 5.69 Å². The molecular weight excluding hydrogens is 340 g/mol. The lowest BCUT2D eigenvalue weighted by Gasteiger charge is -2.48. The van der Waals surface area contributed by atoms with Gasteiger partial charge in [-0.1, -0.05) is 19.3 Å². The van der Waals surface area contributed by atoms with Crippen LogP contribution in [0.1, 0.15) is 42.5 Å². The highest BCUT2D eigenvalue weighted by atomic mass is 16.5. The lowest BCUT2D eigenvalue weighted by Crippen LogP contribution is -2.59. The van der Waals surface area contributed by atoms with Gasteiger partial charge in [-0.25, -0.2) is 4.98 Å². The zero-order valence-corrected chi connectivity index (χ0v) is 15.8. The monoisotopic (exact) mass is 368 g/mol. The summed E-state index contributed by atoms with van der Waals surface area (Å²) >= 11 is 0. The molecule has 2 heterocycles. The van der Waals surface area contributed by atoms with Gasteiger partial charge in [0.15, 0.2) is 0 Å². The number of hydrogen-bond donors (Lipinski definition) is 1. The number of nitrogens with one attached hydrogen (secondary N) is 1. The third kappa shape index (κ3) is 4.06. The van der Waals surface area contributed by atoms with Gasteiger partial charge in [-0.05, 0) is 37.1 Å². The number of benzene rings is 1. The van der Waals surface area contributed by atoms with Crippen molar-refractivity contribution in [1.82, 2.24) is 19.8 Å². The second-order valence-electron chi connectivity index (χ2n) is 7.58. The zero-order chi connectivity index (χ0) is 18.5. The second kappa shape index (κ2) is 8.23. The summed E-state index contributed by atoms with van der Waals surface area (Å²) in [5, 5.41) is 3.22. The Kier molecular flexibility index (Phi) is 5.55. The van der Waals surface area contributed by atoms with Crippen LogP contribution < -0.4 is 5.32 Å². The Bertz CT molecular complexity index is 730. The van der Waals surface area contributed by atoms with E-state index in [2.05, 4.69) is 15.2 Å². The fraction of sp³-hybridized carbons (Fsp3) is 0.524. The molecule has 6 nitrogen and oxygen atoms in total. The Labute approximate surface area is 160 Å². The highest BCUT2D eigenvalue weighted by Crippen LogP contribution is 2.34. The summed E-state index contributed by atoms with van der Waals surface area (Å²) in [6.07, 6.45) is 11.5. The molecule has 0 unspecified atom stereocenters. The van der Waals surface area contributed by atoms with Gasteiger partial charge in [-0.3, -0.25) is 9.69 Å². The predicted molar refractivity (Wildman–Crippen MR) is 104 cm³/mol. The van der Waals surface area contributed by atoms with Crippen LogP contribution in [0.4, 0.5) is 0 Å². The SMILES string of the molecule is O=C(NCC1(N2CCOCC2)CCCCC1)c1ccc(-n2ccnc2)cc1. The number of nitrogens with zero attached hydrogens (tertiary/aromatic N) is 3. The average Bonchev–Trinajstić information content (AvgIpc) is 3.28. The molecule has 1 aliphatic heterocycles. The molecule has 0 bridgehead atoms. The van der Waals surface area contributed by atoms with E-state index < -0.39 is 0 Å². The van der Waals surface area contributed by atoms with Crippen molar-refractivity contribution >= 4 is 5.91 Å². The van der Waals surface area contributed by atoms with Crippen molar-refractivity contribution in [1.29, 1.82) is 0 Å². The normalized spacial score (nSPS) is 20.3. The number of aromatic nitrogens is 2. The molecule has 1 aliphatic carbocycles. The Morgan fingerprint density at radius 3 is 2.52 bits per heavy atom. The van der Waals surface area contributed by atoms with Crippen molar-refractivity contribution in [3.63, 3.8) is 0 Å². The summed E-state index contributed by atoms with van der Waals surface area (Å²) in [7, 11) is 0. The Morgan fingerprint density at radius 2 is 1.85 bits per heavy atom. The summed E-state index contributed by atoms with van der Waals surface area (Å²) < 4.78 is 7.46. The van der Waals surface area contributed by atoms with Crippen LogP contribution in [-0.4, -0.2) is 58.7 Å². The van der Waals surface area contributed by atoms with Gasteiger partial charge in [0.05, 0.1) is 19.5 Å². The van der Waals surface area contributed by atoms with Crippen LogP contribution in [0, 0.1) is 0 Å². The van der Waals surface area contributed by atoms with Crippen molar-refractivity contribution in [2.45, 2.75) is 37.6 Å². The lowest BCUT2D eigenvalue weighted by molar-refractivity contribution is -0.0361. The van der Waals surface area contributed by atoms with Crippen molar-refractivity contribution in [2.75, 3.05) is 32.8 Å². The number of hydrogen-bond acceptors (Lipinski definition) is 4. The van der Waals surface area contributed by atoms with E-state index >= 15 is 0 Å². The molecule has 1 aromatic heterocycles. The Hall–Kier alpha value is -2.18. The third-order valence-corrected chi connectivity index (χ3v) is 5.98. The second-order valence-corrected chi connectivity index (χ2v) is 7.58. The molecule has 2 aliphatic rings. The number of rotatable bonds is 5. The molecule has 27 heavy (non-hydrogen) atoms. The highest BCUT2D eigenvalue weighted by Gasteiger charge is 2.38. The van der Waals surface area contributed by atoms with Gasteiger partial charge >= 0.3 is 0 Å². The van der Waals surface area contributed by atoms with E-state index in [0.717, 1.165) is 51.4 Å². The number of carbonyl (C=O) groups is 1. The van der Waals surface area contributed by atoms with Crippen LogP contribution in [0.5, 0.6) is 0 Å². The first-order valence-corrected chi connectivity index (χ1v) is 9.96. The standard InChI is InChI=1S/C21H28N4O2/c26-20(18-4-6-19(7-5-18)24-11-10-22-17-24)23-16-21(8-2-1-3-9-21)25-12-14-27-15-13-25/h4-7,10-11,17H,1-3,8-9,12-16H2,(H,23,26). The van der Waals surface area contributed by atoms with Crippen LogP contribution in [0.3, 0.4) is 0 Å². The molecule has 0 atom stereocenters. The smallest absolute Gasteiger partial charge is 0.251 e. The van der Waals surface area contributed by atoms with Gasteiger partial charge in [0.1, 0.15) is 0 Å². The first-order chi connectivity index (χ1) is 13.3. The molecule has 0 spiro atoms. The van der Waals surface area contributed by atoms with Crippen LogP contribution in [-0.2, 0) is 4.74 Å². The quantitative estimate of drug-likeness (QED) is 0.881. The molecule has 144 valence electrons. The fourth-order valence-corrected chi connectivity index (χ4v) is 4.40. The summed E-state index contributed by atoms with van der Waals surface area (Å²) in [4.78, 5) is 19.3. The molecular formula is C21H28N4O2. The van der Waals surface area contributed by atoms with Gasteiger partial charge in [0, 0.05) is 48.8 Å². The molecule has 1 aromatic carbocycles. The van der Waals surface area contributed by atoms with Gasteiger partial charge < -0.3 is 14.6 Å². The summed E-state index contributed by atoms with van der Waals surface area (Å²) in [5.41, 5.74) is 1.79. The molecule has 6 heteroatoms. The maximum Gasteiger partial charge on any atom is 0.251 e. The Balaban J connectivity index is 1.41. The first kappa shape index (κ1) is 18.2. The molecule has 4 rings (SSSR count). The van der Waals surface area contributed by atoms with Crippen molar-refractivity contribution in [3.8, 4) is 5.69 Å². The van der Waals surface area contributed by atoms with Gasteiger partial charge in [-0.2, -0.15) is 0 Å². The van der Waals surface area contributed by atoms with Crippen molar-refractivity contribution < 1.29 is 9.53 Å². The van der Waals surface area contributed by atoms with Crippen LogP contribution in [0.2, 0.25) is 0 Å². The summed E-state index contributed by atoms with van der Waals surface area (Å²) in [5.74, 6) is 0.00499. The summed E-state index contributed by atoms with van der Waals surface area (Å²) in [6.45, 7) is 4.25. The number of imidazole rings is 1. The van der Waals surface area contributed by atoms with Crippen molar-refractivity contribution in [2.24, 2.45) is 0 Å². The minimum absolute atomic E-state index is 0.00499. The minimum atomic E-state index is 0.00499. The molecule has 1 amide bonds. The number of ether oxygens (including phenoxy) is 1. The molecule has 1 N–H and O–H groups in total. The van der Waals surface area contributed by atoms with E-state index in [-0.39, 0.29) is 11.4 Å². The summed E-state index contributed by atoms with van der Waals surface area (Å²) in [6, 6.07) is 7.67. The predicted octanol–water partition coefficient (Wildman–Crippen LogP) is 2.64. The number of morpholine rings is 1. The third-order valence-electron chi connectivity index (χ3n) is 5.98. The average molecular weight is 368 g/mol. The van der Waals surface area contributed by atoms with Crippen molar-refractivity contribution in [3.05, 3.63) is 48.5 Å². The van der Waals surface area contributed by atoms with Crippen LogP contribution in [0.15, 0.2) is 43.0 Å². The maximum atomic E-state index is 12.7. The molecule has 1 saturated heterocycles. The minimum Gasteiger partial charge on any atom is -0.379 e. The Morgan fingerprint density at radius 1 is 1.11 bits per heavy atom. The van der Waals surface area contributed by atoms with Gasteiger partial charge in [0.2, 0.25) is 0 Å². The van der Waals surface area contributed by atoms with E-state index in [1.165, 1.54) is 19.3 Å². The zero-order valence-electron chi connectivity index (χ0n) is 15.8. The van der Waals surface area contributed by atoms with Crippen LogP contribution >= 0.6 is 0 Å². The molecule has 2 fully saturated rings. The molecule has 2 aromatic rings.